The summed E-state index contributed by atoms with van der Waals surface area (Å²) in [6, 6.07) is 10.2. The fourth-order valence-electron chi connectivity index (χ4n) is 4.24. The molecule has 4 N–H and O–H groups in total. The number of aromatic nitrogens is 1. The summed E-state index contributed by atoms with van der Waals surface area (Å²) in [4.78, 5) is 18.7. The molecule has 0 spiro atoms. The van der Waals surface area contributed by atoms with Crippen LogP contribution in [0, 0.1) is 11.8 Å². The lowest BCUT2D eigenvalue weighted by Gasteiger charge is -2.43. The van der Waals surface area contributed by atoms with E-state index in [9.17, 15) is 4.79 Å². The highest BCUT2D eigenvalue weighted by Gasteiger charge is 2.42. The predicted molar refractivity (Wildman–Crippen MR) is 108 cm³/mol. The van der Waals surface area contributed by atoms with Gasteiger partial charge in [-0.25, -0.2) is 5.43 Å². The van der Waals surface area contributed by atoms with Gasteiger partial charge in [0.15, 0.2) is 0 Å². The van der Waals surface area contributed by atoms with Gasteiger partial charge in [-0.05, 0) is 54.9 Å². The molecule has 2 heterocycles. The smallest absolute Gasteiger partial charge is 0.237 e. The standard InChI is InChI=1S/C20H23ClN4OS/c21-17-3-1-2-4-19(17)27-14-7-13(10-23-11-14)12-5-6-15-16(8-12)18(9-22)24-25-20(15)26/h1-4,7,10-12,15-16,18,24H,5-6,8-9,22H2,(H,25,26). The summed E-state index contributed by atoms with van der Waals surface area (Å²) in [6.07, 6.45) is 6.67. The van der Waals surface area contributed by atoms with Crippen molar-refractivity contribution in [3.63, 3.8) is 0 Å². The van der Waals surface area contributed by atoms with Gasteiger partial charge in [0.2, 0.25) is 5.91 Å². The van der Waals surface area contributed by atoms with Gasteiger partial charge in [-0.3, -0.25) is 15.2 Å². The topological polar surface area (TPSA) is 80.0 Å². The van der Waals surface area contributed by atoms with E-state index in [2.05, 4.69) is 21.9 Å². The molecule has 4 unspecified atom stereocenters. The zero-order valence-corrected chi connectivity index (χ0v) is 16.5. The first kappa shape index (κ1) is 18.7. The van der Waals surface area contributed by atoms with Gasteiger partial charge >= 0.3 is 0 Å². The molecule has 1 saturated carbocycles. The third-order valence-electron chi connectivity index (χ3n) is 5.66. The van der Waals surface area contributed by atoms with Crippen LogP contribution in [0.2, 0.25) is 5.02 Å². The summed E-state index contributed by atoms with van der Waals surface area (Å²) in [5, 5.41) is 0.749. The van der Waals surface area contributed by atoms with Crippen LogP contribution in [0.5, 0.6) is 0 Å². The predicted octanol–water partition coefficient (Wildman–Crippen LogP) is 3.35. The highest BCUT2D eigenvalue weighted by Crippen LogP contribution is 2.43. The number of nitrogens with two attached hydrogens (primary N) is 1. The molecular formula is C20H23ClN4OS. The van der Waals surface area contributed by atoms with Crippen molar-refractivity contribution >= 4 is 29.3 Å². The van der Waals surface area contributed by atoms with Gasteiger partial charge in [-0.15, -0.1) is 0 Å². The van der Waals surface area contributed by atoms with Gasteiger partial charge in [0.05, 0.1) is 5.02 Å². The number of carbonyl (C=O) groups excluding carboxylic acids is 1. The number of carbonyl (C=O) groups is 1. The number of hydrogen-bond acceptors (Lipinski definition) is 5. The maximum atomic E-state index is 12.2. The Morgan fingerprint density at radius 3 is 2.93 bits per heavy atom. The van der Waals surface area contributed by atoms with Crippen molar-refractivity contribution in [2.75, 3.05) is 6.54 Å². The van der Waals surface area contributed by atoms with Gasteiger partial charge in [0, 0.05) is 40.7 Å². The molecule has 0 bridgehead atoms. The lowest BCUT2D eigenvalue weighted by atomic mass is 9.68. The van der Waals surface area contributed by atoms with Gasteiger partial charge in [-0.1, -0.05) is 35.5 Å². The van der Waals surface area contributed by atoms with Crippen molar-refractivity contribution < 1.29 is 4.79 Å². The molecule has 2 fully saturated rings. The molecule has 1 aliphatic heterocycles. The van der Waals surface area contributed by atoms with Crippen molar-refractivity contribution in [2.24, 2.45) is 17.6 Å². The Morgan fingerprint density at radius 2 is 2.11 bits per heavy atom. The molecule has 1 aromatic carbocycles. The van der Waals surface area contributed by atoms with Crippen LogP contribution in [-0.2, 0) is 4.79 Å². The third kappa shape index (κ3) is 3.99. The molecule has 4 atom stereocenters. The van der Waals surface area contributed by atoms with E-state index in [1.54, 1.807) is 11.8 Å². The van der Waals surface area contributed by atoms with Crippen LogP contribution < -0.4 is 16.6 Å². The van der Waals surface area contributed by atoms with Gasteiger partial charge in [0.25, 0.3) is 0 Å². The molecule has 5 nitrogen and oxygen atoms in total. The van der Waals surface area contributed by atoms with Crippen LogP contribution >= 0.6 is 23.4 Å². The minimum Gasteiger partial charge on any atom is -0.329 e. The van der Waals surface area contributed by atoms with Crippen LogP contribution in [0.3, 0.4) is 0 Å². The van der Waals surface area contributed by atoms with Gasteiger partial charge in [-0.2, -0.15) is 0 Å². The molecule has 1 aromatic heterocycles. The van der Waals surface area contributed by atoms with E-state index in [1.165, 1.54) is 5.56 Å². The Labute approximate surface area is 168 Å². The summed E-state index contributed by atoms with van der Waals surface area (Å²) in [5.41, 5.74) is 13.0. The lowest BCUT2D eigenvalue weighted by molar-refractivity contribution is -0.133. The molecule has 4 rings (SSSR count). The molecule has 2 aromatic rings. The molecule has 1 amide bonds. The Morgan fingerprint density at radius 1 is 1.26 bits per heavy atom. The van der Waals surface area contributed by atoms with Crippen molar-refractivity contribution in [3.8, 4) is 0 Å². The number of hydrazine groups is 1. The van der Waals surface area contributed by atoms with Crippen molar-refractivity contribution in [1.29, 1.82) is 0 Å². The highest BCUT2D eigenvalue weighted by atomic mass is 35.5. The second kappa shape index (κ2) is 8.19. The van der Waals surface area contributed by atoms with E-state index in [-0.39, 0.29) is 23.8 Å². The van der Waals surface area contributed by atoms with Crippen LogP contribution in [-0.4, -0.2) is 23.5 Å². The average molecular weight is 403 g/mol. The maximum absolute atomic E-state index is 12.2. The number of hydrogen-bond donors (Lipinski definition) is 3. The second-order valence-electron chi connectivity index (χ2n) is 7.24. The molecule has 7 heteroatoms. The number of amides is 1. The molecule has 0 radical (unpaired) electrons. The van der Waals surface area contributed by atoms with E-state index < -0.39 is 0 Å². The van der Waals surface area contributed by atoms with E-state index in [1.807, 2.05) is 36.7 Å². The minimum atomic E-state index is 0.0599. The van der Waals surface area contributed by atoms with Crippen molar-refractivity contribution in [2.45, 2.75) is 41.0 Å². The zero-order valence-electron chi connectivity index (χ0n) is 14.9. The van der Waals surface area contributed by atoms with Crippen molar-refractivity contribution in [1.82, 2.24) is 15.8 Å². The first-order chi connectivity index (χ1) is 13.2. The highest BCUT2D eigenvalue weighted by molar-refractivity contribution is 7.99. The van der Waals surface area contributed by atoms with Crippen LogP contribution in [0.15, 0.2) is 52.5 Å². The summed E-state index contributed by atoms with van der Waals surface area (Å²) in [6.45, 7) is 0.523. The number of benzene rings is 1. The first-order valence-corrected chi connectivity index (χ1v) is 10.5. The van der Waals surface area contributed by atoms with E-state index in [0.717, 1.165) is 34.1 Å². The van der Waals surface area contributed by atoms with Gasteiger partial charge < -0.3 is 5.73 Å². The maximum Gasteiger partial charge on any atom is 0.237 e. The SMILES string of the molecule is NCC1NNC(=O)C2CCC(c3cncc(Sc4ccccc4Cl)c3)CC12. The minimum absolute atomic E-state index is 0.0599. The average Bonchev–Trinajstić information content (AvgIpc) is 2.70. The second-order valence-corrected chi connectivity index (χ2v) is 8.77. The summed E-state index contributed by atoms with van der Waals surface area (Å²) < 4.78 is 0. The van der Waals surface area contributed by atoms with E-state index >= 15 is 0 Å². The molecule has 1 saturated heterocycles. The monoisotopic (exact) mass is 402 g/mol. The van der Waals surface area contributed by atoms with E-state index in [0.29, 0.717) is 12.5 Å². The summed E-state index contributed by atoms with van der Waals surface area (Å²) >= 11 is 7.92. The molecular weight excluding hydrogens is 380 g/mol. The number of nitrogens with one attached hydrogen (secondary N) is 2. The van der Waals surface area contributed by atoms with E-state index in [4.69, 9.17) is 17.3 Å². The fraction of sp³-hybridized carbons (Fsp3) is 0.400. The third-order valence-corrected chi connectivity index (χ3v) is 7.13. The number of fused-ring (bicyclic) bond motifs is 1. The molecule has 142 valence electrons. The number of nitrogens with zero attached hydrogens (tertiary/aromatic N) is 1. The van der Waals surface area contributed by atoms with Crippen LogP contribution in [0.25, 0.3) is 0 Å². The summed E-state index contributed by atoms with van der Waals surface area (Å²) in [5.74, 6) is 0.823. The Hall–Kier alpha value is -1.60. The number of rotatable bonds is 4. The normalized spacial score (nSPS) is 27.7. The molecule has 2 aliphatic rings. The van der Waals surface area contributed by atoms with Crippen LogP contribution in [0.1, 0.15) is 30.7 Å². The van der Waals surface area contributed by atoms with Crippen LogP contribution in [0.4, 0.5) is 0 Å². The van der Waals surface area contributed by atoms with Gasteiger partial charge in [0.1, 0.15) is 0 Å². The molecule has 27 heavy (non-hydrogen) atoms. The Kier molecular flexibility index (Phi) is 5.68. The lowest BCUT2D eigenvalue weighted by Crippen LogP contribution is -2.62. The molecule has 1 aliphatic carbocycles. The largest absolute Gasteiger partial charge is 0.329 e. The fourth-order valence-corrected chi connectivity index (χ4v) is 5.37. The Bertz CT molecular complexity index is 833. The number of pyridine rings is 1. The first-order valence-electron chi connectivity index (χ1n) is 9.28. The zero-order chi connectivity index (χ0) is 18.8. The quantitative estimate of drug-likeness (QED) is 0.730. The Balaban J connectivity index is 1.52. The number of halogens is 1. The summed E-state index contributed by atoms with van der Waals surface area (Å²) in [7, 11) is 0. The van der Waals surface area contributed by atoms with Crippen molar-refractivity contribution in [3.05, 3.63) is 53.3 Å².